The highest BCUT2D eigenvalue weighted by molar-refractivity contribution is 8.03. The summed E-state index contributed by atoms with van der Waals surface area (Å²) < 4.78 is 0. The molecule has 0 radical (unpaired) electrons. The Morgan fingerprint density at radius 3 is 2.36 bits per heavy atom. The smallest absolute Gasteiger partial charge is 0.00311 e. The van der Waals surface area contributed by atoms with Gasteiger partial charge in [0.1, 0.15) is 0 Å². The first-order valence-corrected chi connectivity index (χ1v) is 6.32. The molecule has 0 aromatic carbocycles. The standard InChI is InChI=1S/C13H24S/c1-7-12(8-2)14-10-13(5,6)9-11(3)4/h7H,3,8-10H2,1-2,4-6H3/b12-7+. The van der Waals surface area contributed by atoms with E-state index in [4.69, 9.17) is 0 Å². The average molecular weight is 212 g/mol. The lowest BCUT2D eigenvalue weighted by molar-refractivity contribution is 0.421. The molecular weight excluding hydrogens is 188 g/mol. The minimum atomic E-state index is 0.375. The summed E-state index contributed by atoms with van der Waals surface area (Å²) in [4.78, 5) is 1.50. The van der Waals surface area contributed by atoms with Gasteiger partial charge in [0, 0.05) is 5.75 Å². The Morgan fingerprint density at radius 1 is 1.43 bits per heavy atom. The monoisotopic (exact) mass is 212 g/mol. The van der Waals surface area contributed by atoms with Crippen molar-refractivity contribution >= 4 is 11.8 Å². The van der Waals surface area contributed by atoms with Crippen LogP contribution in [0.15, 0.2) is 23.1 Å². The highest BCUT2D eigenvalue weighted by atomic mass is 32.2. The van der Waals surface area contributed by atoms with Crippen molar-refractivity contribution in [2.24, 2.45) is 5.41 Å². The molecule has 0 fully saturated rings. The van der Waals surface area contributed by atoms with Crippen molar-refractivity contribution in [3.8, 4) is 0 Å². The lowest BCUT2D eigenvalue weighted by Gasteiger charge is -2.24. The molecule has 0 aromatic rings. The topological polar surface area (TPSA) is 0 Å². The van der Waals surface area contributed by atoms with E-state index < -0.39 is 0 Å². The van der Waals surface area contributed by atoms with E-state index in [1.165, 1.54) is 16.2 Å². The molecular formula is C13H24S. The first-order valence-electron chi connectivity index (χ1n) is 5.33. The zero-order valence-electron chi connectivity index (χ0n) is 10.3. The van der Waals surface area contributed by atoms with Crippen LogP contribution in [0.1, 0.15) is 47.5 Å². The molecule has 0 N–H and O–H groups in total. The molecule has 1 heteroatoms. The number of hydrogen-bond acceptors (Lipinski definition) is 1. The molecule has 0 saturated carbocycles. The van der Waals surface area contributed by atoms with Crippen LogP contribution in [-0.4, -0.2) is 5.75 Å². The zero-order valence-corrected chi connectivity index (χ0v) is 11.1. The molecule has 0 heterocycles. The van der Waals surface area contributed by atoms with Crippen molar-refractivity contribution in [1.82, 2.24) is 0 Å². The van der Waals surface area contributed by atoms with Gasteiger partial charge in [-0.25, -0.2) is 0 Å². The van der Waals surface area contributed by atoms with Gasteiger partial charge >= 0.3 is 0 Å². The van der Waals surface area contributed by atoms with Crippen LogP contribution >= 0.6 is 11.8 Å². The predicted molar refractivity (Wildman–Crippen MR) is 69.7 cm³/mol. The number of rotatable bonds is 6. The minimum absolute atomic E-state index is 0.375. The van der Waals surface area contributed by atoms with Crippen LogP contribution < -0.4 is 0 Å². The van der Waals surface area contributed by atoms with Crippen LogP contribution in [-0.2, 0) is 0 Å². The van der Waals surface area contributed by atoms with Crippen LogP contribution in [0.2, 0.25) is 0 Å². The molecule has 0 saturated heterocycles. The molecule has 0 aliphatic rings. The van der Waals surface area contributed by atoms with E-state index in [1.54, 1.807) is 0 Å². The quantitative estimate of drug-likeness (QED) is 0.557. The largest absolute Gasteiger partial charge is 0.130 e. The van der Waals surface area contributed by atoms with Gasteiger partial charge in [0.25, 0.3) is 0 Å². The van der Waals surface area contributed by atoms with Crippen molar-refractivity contribution in [3.63, 3.8) is 0 Å². The summed E-state index contributed by atoms with van der Waals surface area (Å²) in [5.41, 5.74) is 1.66. The fraction of sp³-hybridized carbons (Fsp3) is 0.692. The maximum Gasteiger partial charge on any atom is 0.00311 e. The predicted octanol–water partition coefficient (Wildman–Crippen LogP) is 5.03. The summed E-state index contributed by atoms with van der Waals surface area (Å²) in [7, 11) is 0. The number of allylic oxidation sites excluding steroid dienone is 3. The highest BCUT2D eigenvalue weighted by Crippen LogP contribution is 2.32. The molecule has 0 rings (SSSR count). The van der Waals surface area contributed by atoms with E-state index in [1.807, 2.05) is 11.8 Å². The zero-order chi connectivity index (χ0) is 11.2. The van der Waals surface area contributed by atoms with Gasteiger partial charge in [0.2, 0.25) is 0 Å². The summed E-state index contributed by atoms with van der Waals surface area (Å²) in [6.07, 6.45) is 4.51. The average Bonchev–Trinajstić information content (AvgIpc) is 2.03. The second kappa shape index (κ2) is 6.34. The Kier molecular flexibility index (Phi) is 6.26. The Morgan fingerprint density at radius 2 is 2.00 bits per heavy atom. The number of hydrogen-bond donors (Lipinski definition) is 0. The van der Waals surface area contributed by atoms with Crippen molar-refractivity contribution in [1.29, 1.82) is 0 Å². The SMILES string of the molecule is C=C(C)CC(C)(C)CS/C(=C/C)CC. The van der Waals surface area contributed by atoms with Crippen LogP contribution in [0.5, 0.6) is 0 Å². The fourth-order valence-corrected chi connectivity index (χ4v) is 2.59. The van der Waals surface area contributed by atoms with Crippen LogP contribution in [0.25, 0.3) is 0 Å². The fourth-order valence-electron chi connectivity index (χ4n) is 1.55. The van der Waals surface area contributed by atoms with E-state index in [9.17, 15) is 0 Å². The molecule has 0 atom stereocenters. The Bertz CT molecular complexity index is 211. The molecule has 0 nitrogen and oxygen atoms in total. The molecule has 0 aromatic heterocycles. The maximum atomic E-state index is 3.98. The summed E-state index contributed by atoms with van der Waals surface area (Å²) in [6.45, 7) is 15.1. The van der Waals surface area contributed by atoms with Crippen molar-refractivity contribution in [3.05, 3.63) is 23.1 Å². The number of thioether (sulfide) groups is 1. The third-order valence-electron chi connectivity index (χ3n) is 2.10. The van der Waals surface area contributed by atoms with Gasteiger partial charge < -0.3 is 0 Å². The Balaban J connectivity index is 4.04. The summed E-state index contributed by atoms with van der Waals surface area (Å²) in [5.74, 6) is 1.19. The minimum Gasteiger partial charge on any atom is -0.130 e. The second-order valence-corrected chi connectivity index (χ2v) is 5.80. The molecule has 0 unspecified atom stereocenters. The van der Waals surface area contributed by atoms with E-state index in [-0.39, 0.29) is 0 Å². The van der Waals surface area contributed by atoms with E-state index in [0.717, 1.165) is 12.8 Å². The van der Waals surface area contributed by atoms with Crippen LogP contribution in [0, 0.1) is 5.41 Å². The Hall–Kier alpha value is -0.170. The summed E-state index contributed by atoms with van der Waals surface area (Å²) in [5, 5.41) is 0. The van der Waals surface area contributed by atoms with Gasteiger partial charge in [-0.2, -0.15) is 0 Å². The molecule has 82 valence electrons. The van der Waals surface area contributed by atoms with E-state index in [2.05, 4.69) is 47.3 Å². The molecule has 0 bridgehead atoms. The molecule has 14 heavy (non-hydrogen) atoms. The molecule has 0 spiro atoms. The van der Waals surface area contributed by atoms with Gasteiger partial charge in [-0.15, -0.1) is 18.3 Å². The lowest BCUT2D eigenvalue weighted by Crippen LogP contribution is -2.14. The summed E-state index contributed by atoms with van der Waals surface area (Å²) >= 11 is 1.99. The molecule has 0 aliphatic carbocycles. The van der Waals surface area contributed by atoms with Gasteiger partial charge in [0.05, 0.1) is 0 Å². The van der Waals surface area contributed by atoms with Crippen molar-refractivity contribution < 1.29 is 0 Å². The normalized spacial score (nSPS) is 13.1. The van der Waals surface area contributed by atoms with Gasteiger partial charge in [-0.05, 0) is 37.0 Å². The first-order chi connectivity index (χ1) is 6.41. The van der Waals surface area contributed by atoms with Crippen LogP contribution in [0.4, 0.5) is 0 Å². The van der Waals surface area contributed by atoms with Gasteiger partial charge in [-0.3, -0.25) is 0 Å². The van der Waals surface area contributed by atoms with Gasteiger partial charge in [0.15, 0.2) is 0 Å². The third kappa shape index (κ3) is 6.31. The molecule has 0 aliphatic heterocycles. The Labute approximate surface area is 93.9 Å². The molecule has 0 amide bonds. The van der Waals surface area contributed by atoms with Crippen molar-refractivity contribution in [2.45, 2.75) is 47.5 Å². The third-order valence-corrected chi connectivity index (χ3v) is 3.92. The first kappa shape index (κ1) is 13.8. The maximum absolute atomic E-state index is 3.98. The van der Waals surface area contributed by atoms with Gasteiger partial charge in [-0.1, -0.05) is 32.4 Å². The van der Waals surface area contributed by atoms with E-state index in [0.29, 0.717) is 5.41 Å². The van der Waals surface area contributed by atoms with Crippen molar-refractivity contribution in [2.75, 3.05) is 5.75 Å². The highest BCUT2D eigenvalue weighted by Gasteiger charge is 2.18. The lowest BCUT2D eigenvalue weighted by atomic mass is 9.89. The van der Waals surface area contributed by atoms with E-state index >= 15 is 0 Å². The van der Waals surface area contributed by atoms with Crippen LogP contribution in [0.3, 0.4) is 0 Å². The second-order valence-electron chi connectivity index (χ2n) is 4.70. The summed E-state index contributed by atoms with van der Waals surface area (Å²) in [6, 6.07) is 0.